The highest BCUT2D eigenvalue weighted by molar-refractivity contribution is 5.10. The first-order valence-corrected chi connectivity index (χ1v) is 5.29. The maximum atomic E-state index is 9.13. The van der Waals surface area contributed by atoms with Gasteiger partial charge in [-0.15, -0.1) is 0 Å². The fourth-order valence-corrected chi connectivity index (χ4v) is 2.86. The van der Waals surface area contributed by atoms with Crippen molar-refractivity contribution < 1.29 is 9.84 Å². The van der Waals surface area contributed by atoms with E-state index in [-0.39, 0.29) is 23.3 Å². The van der Waals surface area contributed by atoms with Crippen LogP contribution < -0.4 is 5.32 Å². The molecular weight excluding hydrogens is 178 g/mol. The molecule has 0 aromatic heterocycles. The molecule has 1 atom stereocenters. The second kappa shape index (κ2) is 3.47. The molecule has 0 aromatic carbocycles. The third-order valence-electron chi connectivity index (χ3n) is 3.43. The van der Waals surface area contributed by atoms with E-state index in [4.69, 9.17) is 9.84 Å². The highest BCUT2D eigenvalue weighted by atomic mass is 16.5. The molecule has 14 heavy (non-hydrogen) atoms. The average Bonchev–Trinajstić information content (AvgIpc) is 2.17. The molecule has 0 bridgehead atoms. The molecular formula is C11H23NO2. The van der Waals surface area contributed by atoms with E-state index in [0.29, 0.717) is 0 Å². The van der Waals surface area contributed by atoms with Crippen LogP contribution in [0.5, 0.6) is 0 Å². The van der Waals surface area contributed by atoms with Crippen LogP contribution in [0.15, 0.2) is 0 Å². The monoisotopic (exact) mass is 201 g/mol. The standard InChI is InChI=1S/C11H23NO2/c1-9(2)8-11(12-5,6-7-13)10(3,4)14-9/h12-13H,6-8H2,1-5H3. The molecule has 2 N–H and O–H groups in total. The number of ether oxygens (including phenoxy) is 1. The minimum atomic E-state index is -0.228. The smallest absolute Gasteiger partial charge is 0.0816 e. The molecule has 1 fully saturated rings. The van der Waals surface area contributed by atoms with Crippen LogP contribution in [0, 0.1) is 0 Å². The first-order chi connectivity index (χ1) is 6.29. The maximum absolute atomic E-state index is 9.13. The summed E-state index contributed by atoms with van der Waals surface area (Å²) < 4.78 is 6.02. The summed E-state index contributed by atoms with van der Waals surface area (Å²) in [5.41, 5.74) is -0.444. The van der Waals surface area contributed by atoms with Crippen LogP contribution in [0.4, 0.5) is 0 Å². The van der Waals surface area contributed by atoms with Gasteiger partial charge in [-0.2, -0.15) is 0 Å². The third kappa shape index (κ3) is 1.81. The average molecular weight is 201 g/mol. The summed E-state index contributed by atoms with van der Waals surface area (Å²) in [4.78, 5) is 0. The molecule has 3 nitrogen and oxygen atoms in total. The van der Waals surface area contributed by atoms with Gasteiger partial charge in [0.15, 0.2) is 0 Å². The molecule has 1 rings (SSSR count). The van der Waals surface area contributed by atoms with E-state index in [1.165, 1.54) is 0 Å². The lowest BCUT2D eigenvalue weighted by atomic mass is 9.77. The largest absolute Gasteiger partial charge is 0.396 e. The van der Waals surface area contributed by atoms with Crippen LogP contribution >= 0.6 is 0 Å². The first-order valence-electron chi connectivity index (χ1n) is 5.29. The molecule has 0 aromatic rings. The quantitative estimate of drug-likeness (QED) is 0.723. The van der Waals surface area contributed by atoms with Crippen molar-refractivity contribution in [1.29, 1.82) is 0 Å². The number of aliphatic hydroxyl groups excluding tert-OH is 1. The van der Waals surface area contributed by atoms with Crippen LogP contribution in [-0.2, 0) is 4.74 Å². The van der Waals surface area contributed by atoms with Gasteiger partial charge in [0.2, 0.25) is 0 Å². The number of aliphatic hydroxyl groups is 1. The summed E-state index contributed by atoms with van der Waals surface area (Å²) in [6.07, 6.45) is 1.67. The van der Waals surface area contributed by atoms with Gasteiger partial charge >= 0.3 is 0 Å². The summed E-state index contributed by atoms with van der Waals surface area (Å²) in [6.45, 7) is 8.59. The Morgan fingerprint density at radius 3 is 2.14 bits per heavy atom. The van der Waals surface area contributed by atoms with Crippen molar-refractivity contribution in [2.24, 2.45) is 0 Å². The summed E-state index contributed by atoms with van der Waals surface area (Å²) in [5, 5.41) is 12.5. The molecule has 0 saturated carbocycles. The van der Waals surface area contributed by atoms with Gasteiger partial charge in [-0.3, -0.25) is 0 Å². The molecule has 1 heterocycles. The van der Waals surface area contributed by atoms with Gasteiger partial charge in [0.05, 0.1) is 16.7 Å². The lowest BCUT2D eigenvalue weighted by Gasteiger charge is -2.39. The Labute approximate surface area is 86.8 Å². The first kappa shape index (κ1) is 12.0. The minimum Gasteiger partial charge on any atom is -0.396 e. The van der Waals surface area contributed by atoms with E-state index in [0.717, 1.165) is 12.8 Å². The van der Waals surface area contributed by atoms with Crippen molar-refractivity contribution in [1.82, 2.24) is 5.32 Å². The molecule has 0 spiro atoms. The summed E-state index contributed by atoms with van der Waals surface area (Å²) in [7, 11) is 1.95. The third-order valence-corrected chi connectivity index (χ3v) is 3.43. The molecule has 3 heteroatoms. The van der Waals surface area contributed by atoms with E-state index in [1.807, 2.05) is 7.05 Å². The number of hydrogen-bond acceptors (Lipinski definition) is 3. The number of rotatable bonds is 3. The topological polar surface area (TPSA) is 41.5 Å². The van der Waals surface area contributed by atoms with E-state index < -0.39 is 0 Å². The normalized spacial score (nSPS) is 34.7. The second-order valence-corrected chi connectivity index (χ2v) is 5.35. The van der Waals surface area contributed by atoms with Gasteiger partial charge in [0, 0.05) is 6.61 Å². The molecule has 0 radical (unpaired) electrons. The Bertz CT molecular complexity index is 213. The fourth-order valence-electron chi connectivity index (χ4n) is 2.86. The highest BCUT2D eigenvalue weighted by Gasteiger charge is 2.55. The van der Waals surface area contributed by atoms with Gasteiger partial charge in [0.1, 0.15) is 0 Å². The van der Waals surface area contributed by atoms with Crippen molar-refractivity contribution in [2.75, 3.05) is 13.7 Å². The Balaban J connectivity index is 2.95. The van der Waals surface area contributed by atoms with Gasteiger partial charge in [-0.05, 0) is 47.6 Å². The predicted molar refractivity (Wildman–Crippen MR) is 57.4 cm³/mol. The molecule has 1 aliphatic rings. The summed E-state index contributed by atoms with van der Waals surface area (Å²) in [5.74, 6) is 0. The van der Waals surface area contributed by atoms with Crippen molar-refractivity contribution in [3.8, 4) is 0 Å². The zero-order valence-electron chi connectivity index (χ0n) is 9.98. The lowest BCUT2D eigenvalue weighted by Crippen LogP contribution is -2.56. The van der Waals surface area contributed by atoms with Crippen LogP contribution in [0.2, 0.25) is 0 Å². The summed E-state index contributed by atoms with van der Waals surface area (Å²) in [6, 6.07) is 0. The molecule has 1 saturated heterocycles. The van der Waals surface area contributed by atoms with Crippen molar-refractivity contribution in [3.05, 3.63) is 0 Å². The van der Waals surface area contributed by atoms with Crippen LogP contribution in [0.25, 0.3) is 0 Å². The summed E-state index contributed by atoms with van der Waals surface area (Å²) >= 11 is 0. The molecule has 0 amide bonds. The molecule has 0 aliphatic carbocycles. The van der Waals surface area contributed by atoms with Gasteiger partial charge in [-0.1, -0.05) is 0 Å². The Kier molecular flexibility index (Phi) is 2.96. The number of nitrogens with one attached hydrogen (secondary N) is 1. The second-order valence-electron chi connectivity index (χ2n) is 5.35. The van der Waals surface area contributed by atoms with Crippen LogP contribution in [0.1, 0.15) is 40.5 Å². The predicted octanol–water partition coefficient (Wildman–Crippen LogP) is 1.30. The minimum absolute atomic E-state index is 0.106. The zero-order chi connectivity index (χ0) is 11.0. The number of likely N-dealkylation sites (N-methyl/N-ethyl adjacent to an activating group) is 1. The zero-order valence-corrected chi connectivity index (χ0v) is 9.98. The fraction of sp³-hybridized carbons (Fsp3) is 1.00. The van der Waals surface area contributed by atoms with Crippen molar-refractivity contribution >= 4 is 0 Å². The van der Waals surface area contributed by atoms with Gasteiger partial charge < -0.3 is 15.2 Å². The van der Waals surface area contributed by atoms with E-state index in [2.05, 4.69) is 33.0 Å². The molecule has 1 aliphatic heterocycles. The Hall–Kier alpha value is -0.120. The SMILES string of the molecule is CNC1(CCO)CC(C)(C)OC1(C)C. The highest BCUT2D eigenvalue weighted by Crippen LogP contribution is 2.46. The molecule has 84 valence electrons. The Morgan fingerprint density at radius 2 is 1.86 bits per heavy atom. The van der Waals surface area contributed by atoms with E-state index in [9.17, 15) is 0 Å². The molecule has 1 unspecified atom stereocenters. The van der Waals surface area contributed by atoms with E-state index >= 15 is 0 Å². The lowest BCUT2D eigenvalue weighted by molar-refractivity contribution is -0.0847. The van der Waals surface area contributed by atoms with Crippen molar-refractivity contribution in [3.63, 3.8) is 0 Å². The maximum Gasteiger partial charge on any atom is 0.0816 e. The van der Waals surface area contributed by atoms with Crippen molar-refractivity contribution in [2.45, 2.75) is 57.3 Å². The van der Waals surface area contributed by atoms with Crippen LogP contribution in [-0.4, -0.2) is 35.5 Å². The van der Waals surface area contributed by atoms with Gasteiger partial charge in [0.25, 0.3) is 0 Å². The number of hydrogen-bond donors (Lipinski definition) is 2. The van der Waals surface area contributed by atoms with E-state index in [1.54, 1.807) is 0 Å². The van der Waals surface area contributed by atoms with Crippen LogP contribution in [0.3, 0.4) is 0 Å². The Morgan fingerprint density at radius 1 is 1.29 bits per heavy atom. The van der Waals surface area contributed by atoms with Gasteiger partial charge in [-0.25, -0.2) is 0 Å².